The second-order valence-corrected chi connectivity index (χ2v) is 14.5. The third kappa shape index (κ3) is 4.90. The van der Waals surface area contributed by atoms with Gasteiger partial charge in [-0.15, -0.1) is 0 Å². The molecule has 0 spiro atoms. The first-order valence-electron chi connectivity index (χ1n) is 18.3. The molecular weight excluding hydrogens is 657 g/mol. The molecule has 0 radical (unpaired) electrons. The molecule has 0 aliphatic heterocycles. The van der Waals surface area contributed by atoms with E-state index in [2.05, 4.69) is 132 Å². The topological polar surface area (TPSA) is 35.1 Å². The molecule has 0 amide bonds. The molecular formula is C50H34N4. The lowest BCUT2D eigenvalue weighted by atomic mass is 9.82. The predicted octanol–water partition coefficient (Wildman–Crippen LogP) is 13.1. The van der Waals surface area contributed by atoms with Gasteiger partial charge in [-0.05, 0) is 58.1 Å². The molecule has 1 aliphatic rings. The molecule has 0 fully saturated rings. The zero-order valence-corrected chi connectivity index (χ0v) is 30.0. The van der Waals surface area contributed by atoms with Gasteiger partial charge in [0.15, 0.2) is 11.5 Å². The Morgan fingerprint density at radius 1 is 0.519 bits per heavy atom. The van der Waals surface area contributed by atoms with E-state index in [1.807, 2.05) is 60.7 Å². The molecule has 0 saturated heterocycles. The number of benzene rings is 7. The first-order chi connectivity index (χ1) is 26.5. The number of nitrogens with zero attached hydrogens (tertiary/aromatic N) is 4. The molecule has 0 bridgehead atoms. The first kappa shape index (κ1) is 31.6. The lowest BCUT2D eigenvalue weighted by Gasteiger charge is -2.21. The number of aromatic nitrogens is 3. The Hall–Kier alpha value is -7.09. The van der Waals surface area contributed by atoms with Gasteiger partial charge in [0.25, 0.3) is 0 Å². The van der Waals surface area contributed by atoms with Crippen LogP contribution in [0.2, 0.25) is 0 Å². The fraction of sp³-hybridized carbons (Fsp3) is 0.0600. The van der Waals surface area contributed by atoms with Crippen LogP contribution >= 0.6 is 0 Å². The van der Waals surface area contributed by atoms with Gasteiger partial charge in [-0.1, -0.05) is 153 Å². The summed E-state index contributed by atoms with van der Waals surface area (Å²) in [6.45, 7) is 12.8. The van der Waals surface area contributed by atoms with Crippen molar-refractivity contribution in [2.24, 2.45) is 0 Å². The maximum absolute atomic E-state index is 8.09. The molecule has 4 heteroatoms. The van der Waals surface area contributed by atoms with Gasteiger partial charge in [-0.2, -0.15) is 0 Å². The average molecular weight is 691 g/mol. The molecule has 254 valence electrons. The van der Waals surface area contributed by atoms with Crippen molar-refractivity contribution in [3.63, 3.8) is 0 Å². The van der Waals surface area contributed by atoms with Gasteiger partial charge in [0.2, 0.25) is 0 Å². The highest BCUT2D eigenvalue weighted by Gasteiger charge is 2.37. The van der Waals surface area contributed by atoms with E-state index in [1.54, 1.807) is 0 Å². The van der Waals surface area contributed by atoms with Crippen molar-refractivity contribution >= 4 is 27.5 Å². The summed E-state index contributed by atoms with van der Waals surface area (Å²) in [5.41, 5.74) is 15.3. The Kier molecular flexibility index (Phi) is 7.18. The van der Waals surface area contributed by atoms with E-state index in [0.29, 0.717) is 11.5 Å². The number of rotatable bonds is 5. The summed E-state index contributed by atoms with van der Waals surface area (Å²) < 4.78 is 2.42. The normalized spacial score (nSPS) is 12.8. The monoisotopic (exact) mass is 690 g/mol. The molecule has 0 atom stereocenters. The summed E-state index contributed by atoms with van der Waals surface area (Å²) in [5.74, 6) is 0.621. The minimum Gasteiger partial charge on any atom is -0.309 e. The third-order valence-electron chi connectivity index (χ3n) is 11.0. The molecule has 4 nitrogen and oxygen atoms in total. The SMILES string of the molecule is [C-]#[N+]c1ccccc1-c1cc(-c2nc(-c3ccccc3)cc(-c3ccccc3)n2)cc(-n2c3ccccc3c3ccc4c(c32)-c2ccccc2C4(C)C)c1. The van der Waals surface area contributed by atoms with Gasteiger partial charge in [0.1, 0.15) is 0 Å². The second-order valence-electron chi connectivity index (χ2n) is 14.5. The second kappa shape index (κ2) is 12.3. The largest absolute Gasteiger partial charge is 0.309 e. The predicted molar refractivity (Wildman–Crippen MR) is 222 cm³/mol. The summed E-state index contributed by atoms with van der Waals surface area (Å²) in [6, 6.07) is 59.3. The van der Waals surface area contributed by atoms with Crippen LogP contribution in [0.1, 0.15) is 25.0 Å². The highest BCUT2D eigenvalue weighted by molar-refractivity contribution is 6.15. The molecule has 10 rings (SSSR count). The lowest BCUT2D eigenvalue weighted by molar-refractivity contribution is 0.661. The first-order valence-corrected chi connectivity index (χ1v) is 18.3. The quantitative estimate of drug-likeness (QED) is 0.169. The van der Waals surface area contributed by atoms with Crippen LogP contribution in [-0.2, 0) is 5.41 Å². The maximum atomic E-state index is 8.09. The van der Waals surface area contributed by atoms with Crippen molar-refractivity contribution in [1.29, 1.82) is 0 Å². The van der Waals surface area contributed by atoms with Crippen LogP contribution < -0.4 is 0 Å². The van der Waals surface area contributed by atoms with Crippen LogP contribution in [-0.4, -0.2) is 14.5 Å². The minimum atomic E-state index is -0.150. The number of hydrogen-bond donors (Lipinski definition) is 0. The average Bonchev–Trinajstić information content (AvgIpc) is 3.69. The van der Waals surface area contributed by atoms with Gasteiger partial charge >= 0.3 is 0 Å². The molecule has 0 saturated carbocycles. The lowest BCUT2D eigenvalue weighted by Crippen LogP contribution is -2.14. The fourth-order valence-electron chi connectivity index (χ4n) is 8.44. The molecule has 54 heavy (non-hydrogen) atoms. The molecule has 0 unspecified atom stereocenters. The fourth-order valence-corrected chi connectivity index (χ4v) is 8.44. The third-order valence-corrected chi connectivity index (χ3v) is 11.0. The van der Waals surface area contributed by atoms with Crippen molar-refractivity contribution in [3.05, 3.63) is 192 Å². The van der Waals surface area contributed by atoms with Gasteiger partial charge in [-0.25, -0.2) is 14.8 Å². The van der Waals surface area contributed by atoms with E-state index in [0.717, 1.165) is 50.4 Å². The van der Waals surface area contributed by atoms with E-state index in [9.17, 15) is 0 Å². The standard InChI is InChI=1S/C50H34N4/c1-50(2)41-23-13-10-22-40(41)47-42(50)27-26-39-38-21-12-15-25-46(38)54(48(39)47)36-29-34(37-20-11-14-24-43(37)51-3)28-35(30-36)49-52-44(32-16-6-4-7-17-32)31-45(53-49)33-18-8-5-9-19-33/h4-31H,1-2H3. The Morgan fingerprint density at radius 2 is 1.13 bits per heavy atom. The van der Waals surface area contributed by atoms with Gasteiger partial charge in [0, 0.05) is 44.1 Å². The maximum Gasteiger partial charge on any atom is 0.194 e. The Balaban J connectivity index is 1.32. The van der Waals surface area contributed by atoms with E-state index in [-0.39, 0.29) is 5.41 Å². The van der Waals surface area contributed by atoms with Crippen LogP contribution in [0.5, 0.6) is 0 Å². The number of fused-ring (bicyclic) bond motifs is 7. The number of para-hydroxylation sites is 2. The van der Waals surface area contributed by atoms with E-state index in [1.165, 1.54) is 38.5 Å². The van der Waals surface area contributed by atoms with Gasteiger partial charge in [-0.3, -0.25) is 0 Å². The zero-order valence-electron chi connectivity index (χ0n) is 30.0. The van der Waals surface area contributed by atoms with Crippen LogP contribution in [0.25, 0.3) is 88.5 Å². The molecule has 2 aromatic heterocycles. The van der Waals surface area contributed by atoms with Gasteiger partial charge in [0.05, 0.1) is 29.0 Å². The molecule has 0 N–H and O–H groups in total. The highest BCUT2D eigenvalue weighted by atomic mass is 15.0. The zero-order chi connectivity index (χ0) is 36.4. The van der Waals surface area contributed by atoms with E-state index < -0.39 is 0 Å². The Labute approximate surface area is 314 Å². The Morgan fingerprint density at radius 3 is 1.85 bits per heavy atom. The highest BCUT2D eigenvalue weighted by Crippen LogP contribution is 2.53. The molecule has 7 aromatic carbocycles. The summed E-state index contributed by atoms with van der Waals surface area (Å²) in [5, 5.41) is 2.40. The van der Waals surface area contributed by atoms with E-state index >= 15 is 0 Å². The summed E-state index contributed by atoms with van der Waals surface area (Å²) >= 11 is 0. The van der Waals surface area contributed by atoms with Crippen molar-refractivity contribution in [3.8, 4) is 61.8 Å². The minimum absolute atomic E-state index is 0.150. The van der Waals surface area contributed by atoms with Crippen LogP contribution in [0.15, 0.2) is 170 Å². The summed E-state index contributed by atoms with van der Waals surface area (Å²) in [4.78, 5) is 14.4. The van der Waals surface area contributed by atoms with Crippen molar-refractivity contribution in [2.75, 3.05) is 0 Å². The summed E-state index contributed by atoms with van der Waals surface area (Å²) in [6.07, 6.45) is 0. The Bertz CT molecular complexity index is 2910. The van der Waals surface area contributed by atoms with Crippen LogP contribution in [0.4, 0.5) is 5.69 Å². The van der Waals surface area contributed by atoms with Crippen molar-refractivity contribution < 1.29 is 0 Å². The van der Waals surface area contributed by atoms with Gasteiger partial charge < -0.3 is 4.57 Å². The van der Waals surface area contributed by atoms with E-state index in [4.69, 9.17) is 16.5 Å². The van der Waals surface area contributed by atoms with Crippen LogP contribution in [0.3, 0.4) is 0 Å². The van der Waals surface area contributed by atoms with Crippen LogP contribution in [0, 0.1) is 6.57 Å². The molecule has 9 aromatic rings. The molecule has 1 aliphatic carbocycles. The number of hydrogen-bond acceptors (Lipinski definition) is 2. The summed E-state index contributed by atoms with van der Waals surface area (Å²) in [7, 11) is 0. The smallest absolute Gasteiger partial charge is 0.194 e. The molecule has 2 heterocycles. The van der Waals surface area contributed by atoms with Crippen molar-refractivity contribution in [1.82, 2.24) is 14.5 Å². The van der Waals surface area contributed by atoms with Crippen molar-refractivity contribution in [2.45, 2.75) is 19.3 Å².